The largest absolute Gasteiger partial charge is 0.497 e. The maximum Gasteiger partial charge on any atom is 0.319 e. The summed E-state index contributed by atoms with van der Waals surface area (Å²) < 4.78 is 18.1. The van der Waals surface area contributed by atoms with Crippen LogP contribution in [0, 0.1) is 5.82 Å². The minimum Gasteiger partial charge on any atom is -0.497 e. The van der Waals surface area contributed by atoms with Crippen molar-refractivity contribution in [2.75, 3.05) is 19.0 Å². The van der Waals surface area contributed by atoms with Gasteiger partial charge in [0.15, 0.2) is 0 Å². The molecule has 0 aliphatic heterocycles. The second-order valence-electron chi connectivity index (χ2n) is 4.64. The number of aliphatic hydroxyl groups excluding tert-OH is 1. The number of hydrogen-bond donors (Lipinski definition) is 3. The molecule has 0 fully saturated rings. The Hall–Kier alpha value is -2.60. The fourth-order valence-corrected chi connectivity index (χ4v) is 1.90. The molecule has 2 aromatic carbocycles. The molecule has 1 atom stereocenters. The highest BCUT2D eigenvalue weighted by Gasteiger charge is 2.10. The lowest BCUT2D eigenvalue weighted by molar-refractivity contribution is 0.174. The summed E-state index contributed by atoms with van der Waals surface area (Å²) in [6, 6.07) is 12.0. The van der Waals surface area contributed by atoms with Gasteiger partial charge in [0.05, 0.1) is 13.2 Å². The summed E-state index contributed by atoms with van der Waals surface area (Å²) in [4.78, 5) is 11.8. The minimum absolute atomic E-state index is 0.0285. The number of aliphatic hydroxyl groups is 1. The molecule has 5 nitrogen and oxygen atoms in total. The number of halogens is 1. The fourth-order valence-electron chi connectivity index (χ4n) is 1.90. The van der Waals surface area contributed by atoms with E-state index in [1.165, 1.54) is 25.3 Å². The van der Waals surface area contributed by atoms with Gasteiger partial charge in [0.2, 0.25) is 0 Å². The number of rotatable bonds is 5. The molecule has 0 saturated carbocycles. The molecule has 0 heterocycles. The first kappa shape index (κ1) is 15.8. The van der Waals surface area contributed by atoms with Crippen molar-refractivity contribution >= 4 is 11.7 Å². The van der Waals surface area contributed by atoms with Gasteiger partial charge >= 0.3 is 6.03 Å². The molecule has 0 saturated heterocycles. The summed E-state index contributed by atoms with van der Waals surface area (Å²) >= 11 is 0. The summed E-state index contributed by atoms with van der Waals surface area (Å²) in [7, 11) is 1.54. The minimum atomic E-state index is -0.980. The zero-order valence-corrected chi connectivity index (χ0v) is 12.0. The molecule has 0 aromatic heterocycles. The molecule has 2 amide bonds. The number of hydrogen-bond acceptors (Lipinski definition) is 3. The lowest BCUT2D eigenvalue weighted by Crippen LogP contribution is -2.32. The molecular formula is C16H17FN2O3. The number of benzene rings is 2. The van der Waals surface area contributed by atoms with Crippen LogP contribution in [-0.2, 0) is 0 Å². The quantitative estimate of drug-likeness (QED) is 0.795. The van der Waals surface area contributed by atoms with Crippen LogP contribution in [0.1, 0.15) is 11.7 Å². The average Bonchev–Trinajstić information content (AvgIpc) is 2.52. The Morgan fingerprint density at radius 1 is 1.27 bits per heavy atom. The Labute approximate surface area is 127 Å². The van der Waals surface area contributed by atoms with Gasteiger partial charge in [-0.3, -0.25) is 0 Å². The standard InChI is InChI=1S/C16H17FN2O3/c1-22-14-7-3-6-13(9-14)19-16(21)18-10-15(20)11-4-2-5-12(17)8-11/h2-9,15,20H,10H2,1H3,(H2,18,19,21)/t15-/m1/s1. The van der Waals surface area contributed by atoms with E-state index in [4.69, 9.17) is 4.74 Å². The summed E-state index contributed by atoms with van der Waals surface area (Å²) in [6.45, 7) is -0.0285. The van der Waals surface area contributed by atoms with Crippen LogP contribution in [0.3, 0.4) is 0 Å². The van der Waals surface area contributed by atoms with Crippen LogP contribution in [-0.4, -0.2) is 24.8 Å². The van der Waals surface area contributed by atoms with Gasteiger partial charge in [-0.25, -0.2) is 9.18 Å². The van der Waals surface area contributed by atoms with E-state index in [9.17, 15) is 14.3 Å². The normalized spacial score (nSPS) is 11.6. The highest BCUT2D eigenvalue weighted by Crippen LogP contribution is 2.17. The number of carbonyl (C=O) groups excluding carboxylic acids is 1. The smallest absolute Gasteiger partial charge is 0.319 e. The van der Waals surface area contributed by atoms with Gasteiger partial charge < -0.3 is 20.5 Å². The Bertz CT molecular complexity index is 649. The van der Waals surface area contributed by atoms with Gasteiger partial charge in [-0.05, 0) is 29.8 Å². The Morgan fingerprint density at radius 2 is 2.05 bits per heavy atom. The van der Waals surface area contributed by atoms with Crippen LogP contribution in [0.2, 0.25) is 0 Å². The molecule has 22 heavy (non-hydrogen) atoms. The zero-order valence-electron chi connectivity index (χ0n) is 12.0. The molecule has 0 unspecified atom stereocenters. The van der Waals surface area contributed by atoms with Crippen LogP contribution in [0.15, 0.2) is 48.5 Å². The molecule has 3 N–H and O–H groups in total. The third-order valence-corrected chi connectivity index (χ3v) is 3.02. The maximum atomic E-state index is 13.1. The van der Waals surface area contributed by atoms with Crippen LogP contribution >= 0.6 is 0 Å². The van der Waals surface area contributed by atoms with E-state index in [0.717, 1.165) is 0 Å². The van der Waals surface area contributed by atoms with E-state index in [2.05, 4.69) is 10.6 Å². The predicted molar refractivity (Wildman–Crippen MR) is 81.4 cm³/mol. The summed E-state index contributed by atoms with van der Waals surface area (Å²) in [5, 5.41) is 15.1. The van der Waals surface area contributed by atoms with Crippen LogP contribution < -0.4 is 15.4 Å². The van der Waals surface area contributed by atoms with E-state index >= 15 is 0 Å². The molecule has 116 valence electrons. The molecule has 0 bridgehead atoms. The molecular weight excluding hydrogens is 287 g/mol. The third kappa shape index (κ3) is 4.46. The number of ether oxygens (including phenoxy) is 1. The topological polar surface area (TPSA) is 70.6 Å². The monoisotopic (exact) mass is 304 g/mol. The van der Waals surface area contributed by atoms with Crippen molar-refractivity contribution in [3.05, 3.63) is 59.9 Å². The van der Waals surface area contributed by atoms with Crippen molar-refractivity contribution in [1.82, 2.24) is 5.32 Å². The van der Waals surface area contributed by atoms with Crippen LogP contribution in [0.25, 0.3) is 0 Å². The van der Waals surface area contributed by atoms with Gasteiger partial charge in [-0.1, -0.05) is 18.2 Å². The second-order valence-corrected chi connectivity index (χ2v) is 4.64. The van der Waals surface area contributed by atoms with E-state index < -0.39 is 18.0 Å². The Morgan fingerprint density at radius 3 is 2.77 bits per heavy atom. The SMILES string of the molecule is COc1cccc(NC(=O)NC[C@@H](O)c2cccc(F)c2)c1. The molecule has 0 aliphatic rings. The lowest BCUT2D eigenvalue weighted by atomic mass is 10.1. The van der Waals surface area contributed by atoms with Gasteiger partial charge in [0.1, 0.15) is 11.6 Å². The van der Waals surface area contributed by atoms with Crippen molar-refractivity contribution in [2.24, 2.45) is 0 Å². The van der Waals surface area contributed by atoms with Gasteiger partial charge in [0, 0.05) is 18.3 Å². The summed E-state index contributed by atoms with van der Waals surface area (Å²) in [5.74, 6) is 0.190. The average molecular weight is 304 g/mol. The van der Waals surface area contributed by atoms with E-state index in [1.807, 2.05) is 0 Å². The van der Waals surface area contributed by atoms with Gasteiger partial charge in [-0.2, -0.15) is 0 Å². The van der Waals surface area contributed by atoms with E-state index in [0.29, 0.717) is 17.0 Å². The first-order valence-electron chi connectivity index (χ1n) is 6.71. The molecule has 0 spiro atoms. The summed E-state index contributed by atoms with van der Waals surface area (Å²) in [5.41, 5.74) is 0.971. The first-order chi connectivity index (χ1) is 10.6. The molecule has 0 aliphatic carbocycles. The summed E-state index contributed by atoms with van der Waals surface area (Å²) in [6.07, 6.45) is -0.980. The number of amides is 2. The van der Waals surface area contributed by atoms with Crippen molar-refractivity contribution in [3.63, 3.8) is 0 Å². The fraction of sp³-hybridized carbons (Fsp3) is 0.188. The number of nitrogens with one attached hydrogen (secondary N) is 2. The van der Waals surface area contributed by atoms with E-state index in [1.54, 1.807) is 30.3 Å². The number of methoxy groups -OCH3 is 1. The molecule has 0 radical (unpaired) electrons. The Kier molecular flexibility index (Phi) is 5.32. The van der Waals surface area contributed by atoms with Gasteiger partial charge in [0.25, 0.3) is 0 Å². The lowest BCUT2D eigenvalue weighted by Gasteiger charge is -2.13. The zero-order chi connectivity index (χ0) is 15.9. The van der Waals surface area contributed by atoms with Crippen molar-refractivity contribution in [3.8, 4) is 5.75 Å². The Balaban J connectivity index is 1.87. The maximum absolute atomic E-state index is 13.1. The van der Waals surface area contributed by atoms with Crippen LogP contribution in [0.5, 0.6) is 5.75 Å². The number of anilines is 1. The molecule has 2 aromatic rings. The first-order valence-corrected chi connectivity index (χ1v) is 6.71. The highest BCUT2D eigenvalue weighted by molar-refractivity contribution is 5.89. The van der Waals surface area contributed by atoms with Crippen molar-refractivity contribution in [2.45, 2.75) is 6.10 Å². The van der Waals surface area contributed by atoms with E-state index in [-0.39, 0.29) is 6.54 Å². The molecule has 6 heteroatoms. The van der Waals surface area contributed by atoms with Crippen molar-refractivity contribution in [1.29, 1.82) is 0 Å². The van der Waals surface area contributed by atoms with Crippen LogP contribution in [0.4, 0.5) is 14.9 Å². The predicted octanol–water partition coefficient (Wildman–Crippen LogP) is 2.69. The third-order valence-electron chi connectivity index (χ3n) is 3.02. The van der Waals surface area contributed by atoms with Gasteiger partial charge in [-0.15, -0.1) is 0 Å². The van der Waals surface area contributed by atoms with Crippen molar-refractivity contribution < 1.29 is 19.0 Å². The number of carbonyl (C=O) groups is 1. The number of urea groups is 1. The highest BCUT2D eigenvalue weighted by atomic mass is 19.1. The second kappa shape index (κ2) is 7.42. The molecule has 2 rings (SSSR count).